The molecule has 3 nitrogen and oxygen atoms in total. The molecule has 3 aromatic rings. The van der Waals surface area contributed by atoms with Crippen molar-refractivity contribution in [2.24, 2.45) is 0 Å². The SMILES string of the molecule is Fc1ccc2occ(COc3cccnc3)c2c1. The maximum atomic E-state index is 13.2. The van der Waals surface area contributed by atoms with Crippen LogP contribution in [0.25, 0.3) is 11.0 Å². The maximum absolute atomic E-state index is 13.2. The highest BCUT2D eigenvalue weighted by Crippen LogP contribution is 2.23. The Morgan fingerprint density at radius 1 is 1.28 bits per heavy atom. The Kier molecular flexibility index (Phi) is 2.68. The minimum atomic E-state index is -0.286. The molecule has 0 fully saturated rings. The van der Waals surface area contributed by atoms with E-state index in [4.69, 9.17) is 9.15 Å². The third kappa shape index (κ3) is 2.05. The zero-order valence-electron chi connectivity index (χ0n) is 9.47. The lowest BCUT2D eigenvalue weighted by molar-refractivity contribution is 0.304. The molecule has 0 saturated heterocycles. The zero-order valence-corrected chi connectivity index (χ0v) is 9.47. The van der Waals surface area contributed by atoms with Crippen LogP contribution in [-0.2, 0) is 6.61 Å². The molecule has 0 radical (unpaired) electrons. The first-order chi connectivity index (χ1) is 8.83. The topological polar surface area (TPSA) is 35.3 Å². The lowest BCUT2D eigenvalue weighted by Gasteiger charge is -2.03. The lowest BCUT2D eigenvalue weighted by atomic mass is 10.2. The average molecular weight is 243 g/mol. The number of ether oxygens (including phenoxy) is 1. The van der Waals surface area contributed by atoms with Crippen LogP contribution in [0.1, 0.15) is 5.56 Å². The van der Waals surface area contributed by atoms with Crippen LogP contribution in [0.4, 0.5) is 4.39 Å². The fourth-order valence-electron chi connectivity index (χ4n) is 1.76. The number of halogens is 1. The Morgan fingerprint density at radius 3 is 3.06 bits per heavy atom. The molecule has 0 spiro atoms. The summed E-state index contributed by atoms with van der Waals surface area (Å²) in [7, 11) is 0. The third-order valence-corrected chi connectivity index (χ3v) is 2.64. The minimum Gasteiger partial charge on any atom is -0.487 e. The van der Waals surface area contributed by atoms with Crippen molar-refractivity contribution in [3.8, 4) is 5.75 Å². The Balaban J connectivity index is 1.85. The molecule has 0 aliphatic carbocycles. The quantitative estimate of drug-likeness (QED) is 0.705. The summed E-state index contributed by atoms with van der Waals surface area (Å²) in [5.41, 5.74) is 1.47. The van der Waals surface area contributed by atoms with Crippen molar-refractivity contribution in [1.82, 2.24) is 4.98 Å². The van der Waals surface area contributed by atoms with Crippen molar-refractivity contribution in [2.75, 3.05) is 0 Å². The molecular formula is C14H10FNO2. The monoisotopic (exact) mass is 243 g/mol. The van der Waals surface area contributed by atoms with Crippen LogP contribution in [0.3, 0.4) is 0 Å². The van der Waals surface area contributed by atoms with E-state index in [0.29, 0.717) is 17.9 Å². The largest absolute Gasteiger partial charge is 0.487 e. The number of aromatic nitrogens is 1. The summed E-state index contributed by atoms with van der Waals surface area (Å²) in [5, 5.41) is 0.735. The van der Waals surface area contributed by atoms with E-state index in [1.165, 1.54) is 12.1 Å². The van der Waals surface area contributed by atoms with Gasteiger partial charge >= 0.3 is 0 Å². The predicted molar refractivity (Wildman–Crippen MR) is 64.7 cm³/mol. The molecule has 90 valence electrons. The van der Waals surface area contributed by atoms with Gasteiger partial charge < -0.3 is 9.15 Å². The van der Waals surface area contributed by atoms with Crippen molar-refractivity contribution < 1.29 is 13.5 Å². The number of benzene rings is 1. The van der Waals surface area contributed by atoms with Crippen LogP contribution in [-0.4, -0.2) is 4.98 Å². The van der Waals surface area contributed by atoms with Crippen LogP contribution in [0, 0.1) is 5.82 Å². The van der Waals surface area contributed by atoms with E-state index in [-0.39, 0.29) is 5.82 Å². The third-order valence-electron chi connectivity index (χ3n) is 2.64. The number of fused-ring (bicyclic) bond motifs is 1. The molecule has 0 atom stereocenters. The van der Waals surface area contributed by atoms with Crippen LogP contribution in [0.5, 0.6) is 5.75 Å². The molecular weight excluding hydrogens is 233 g/mol. The smallest absolute Gasteiger partial charge is 0.138 e. The number of rotatable bonds is 3. The van der Waals surface area contributed by atoms with Gasteiger partial charge in [0.2, 0.25) is 0 Å². The summed E-state index contributed by atoms with van der Waals surface area (Å²) in [6.45, 7) is 0.322. The fraction of sp³-hybridized carbons (Fsp3) is 0.0714. The molecule has 0 bridgehead atoms. The zero-order chi connectivity index (χ0) is 12.4. The highest BCUT2D eigenvalue weighted by atomic mass is 19.1. The molecule has 0 unspecified atom stereocenters. The van der Waals surface area contributed by atoms with Gasteiger partial charge in [0.15, 0.2) is 0 Å². The summed E-state index contributed by atoms with van der Waals surface area (Å²) in [6.07, 6.45) is 4.89. The number of nitrogens with zero attached hydrogens (tertiary/aromatic N) is 1. The molecule has 2 heterocycles. The van der Waals surface area contributed by atoms with Gasteiger partial charge in [-0.2, -0.15) is 0 Å². The first-order valence-electron chi connectivity index (χ1n) is 5.51. The Morgan fingerprint density at radius 2 is 2.22 bits per heavy atom. The summed E-state index contributed by atoms with van der Waals surface area (Å²) in [6, 6.07) is 8.04. The van der Waals surface area contributed by atoms with Crippen molar-refractivity contribution >= 4 is 11.0 Å². The van der Waals surface area contributed by atoms with Crippen LogP contribution < -0.4 is 4.74 Å². The molecule has 1 aromatic carbocycles. The van der Waals surface area contributed by atoms with Gasteiger partial charge in [0.05, 0.1) is 12.5 Å². The second kappa shape index (κ2) is 4.49. The molecule has 2 aromatic heterocycles. The number of hydrogen-bond acceptors (Lipinski definition) is 3. The van der Waals surface area contributed by atoms with Gasteiger partial charge in [-0.15, -0.1) is 0 Å². The van der Waals surface area contributed by atoms with Gasteiger partial charge in [-0.25, -0.2) is 4.39 Å². The van der Waals surface area contributed by atoms with Gasteiger partial charge in [-0.05, 0) is 30.3 Å². The maximum Gasteiger partial charge on any atom is 0.138 e. The van der Waals surface area contributed by atoms with Crippen LogP contribution in [0.2, 0.25) is 0 Å². The van der Waals surface area contributed by atoms with Crippen molar-refractivity contribution in [3.05, 3.63) is 60.4 Å². The van der Waals surface area contributed by atoms with E-state index in [2.05, 4.69) is 4.98 Å². The lowest BCUT2D eigenvalue weighted by Crippen LogP contribution is -1.94. The number of hydrogen-bond donors (Lipinski definition) is 0. The molecule has 0 saturated carbocycles. The van der Waals surface area contributed by atoms with E-state index in [1.54, 1.807) is 30.8 Å². The van der Waals surface area contributed by atoms with E-state index in [9.17, 15) is 4.39 Å². The minimum absolute atomic E-state index is 0.286. The Bertz CT molecular complexity index is 664. The summed E-state index contributed by atoms with van der Waals surface area (Å²) < 4.78 is 24.0. The van der Waals surface area contributed by atoms with Crippen molar-refractivity contribution in [3.63, 3.8) is 0 Å². The molecule has 18 heavy (non-hydrogen) atoms. The average Bonchev–Trinajstić information content (AvgIpc) is 2.80. The molecule has 0 amide bonds. The first-order valence-corrected chi connectivity index (χ1v) is 5.51. The molecule has 0 N–H and O–H groups in total. The van der Waals surface area contributed by atoms with Crippen LogP contribution >= 0.6 is 0 Å². The van der Waals surface area contributed by atoms with E-state index in [0.717, 1.165) is 10.9 Å². The fourth-order valence-corrected chi connectivity index (χ4v) is 1.76. The summed E-state index contributed by atoms with van der Waals surface area (Å²) in [5.74, 6) is 0.384. The Labute approximate surface area is 103 Å². The van der Waals surface area contributed by atoms with E-state index in [1.807, 2.05) is 6.07 Å². The van der Waals surface area contributed by atoms with Gasteiger partial charge in [-0.1, -0.05) is 0 Å². The summed E-state index contributed by atoms with van der Waals surface area (Å²) >= 11 is 0. The van der Waals surface area contributed by atoms with E-state index >= 15 is 0 Å². The van der Waals surface area contributed by atoms with Crippen molar-refractivity contribution in [1.29, 1.82) is 0 Å². The van der Waals surface area contributed by atoms with Crippen LogP contribution in [0.15, 0.2) is 53.4 Å². The second-order valence-electron chi connectivity index (χ2n) is 3.88. The predicted octanol–water partition coefficient (Wildman–Crippen LogP) is 3.55. The standard InChI is InChI=1S/C14H10FNO2/c15-11-3-4-14-13(6-11)10(9-18-14)8-17-12-2-1-5-16-7-12/h1-7,9H,8H2. The molecule has 4 heteroatoms. The second-order valence-corrected chi connectivity index (χ2v) is 3.88. The van der Waals surface area contributed by atoms with E-state index < -0.39 is 0 Å². The molecule has 3 rings (SSSR count). The van der Waals surface area contributed by atoms with Gasteiger partial charge in [0, 0.05) is 17.1 Å². The van der Waals surface area contributed by atoms with Gasteiger partial charge in [0.25, 0.3) is 0 Å². The highest BCUT2D eigenvalue weighted by molar-refractivity contribution is 5.80. The van der Waals surface area contributed by atoms with Gasteiger partial charge in [0.1, 0.15) is 23.8 Å². The van der Waals surface area contributed by atoms with Gasteiger partial charge in [-0.3, -0.25) is 4.98 Å². The first kappa shape index (κ1) is 10.8. The Hall–Kier alpha value is -2.36. The number of furan rings is 1. The van der Waals surface area contributed by atoms with Crippen molar-refractivity contribution in [2.45, 2.75) is 6.61 Å². The summed E-state index contributed by atoms with van der Waals surface area (Å²) in [4.78, 5) is 3.95. The highest BCUT2D eigenvalue weighted by Gasteiger charge is 2.07. The normalized spacial score (nSPS) is 10.7. The number of pyridine rings is 1. The molecule has 0 aliphatic heterocycles. The molecule has 0 aliphatic rings.